The first kappa shape index (κ1) is 33.5. The molecule has 1 amide bonds. The minimum atomic E-state index is -4.39. The van der Waals surface area contributed by atoms with E-state index in [0.29, 0.717) is 35.1 Å². The molecule has 4 heterocycles. The SMILES string of the molecule is CC(C)(C#N)c1ccc(NCC#Cc2cc3cc(CCC4CCN(CC(=O)Nc5ccncc5)CC4)ccc3n2CC(F)(F)F)cn1. The lowest BCUT2D eigenvalue weighted by Gasteiger charge is -2.31. The fraction of sp³-hybridized carbons (Fsp3) is 0.389. The lowest BCUT2D eigenvalue weighted by atomic mass is 9.90. The number of aromatic nitrogens is 3. The number of carbonyl (C=O) groups is 1. The highest BCUT2D eigenvalue weighted by molar-refractivity contribution is 5.92. The minimum absolute atomic E-state index is 0.0372. The summed E-state index contributed by atoms with van der Waals surface area (Å²) in [6, 6.07) is 16.7. The number of anilines is 2. The largest absolute Gasteiger partial charge is 0.406 e. The van der Waals surface area contributed by atoms with Crippen molar-refractivity contribution < 1.29 is 18.0 Å². The summed E-state index contributed by atoms with van der Waals surface area (Å²) in [6.45, 7) is 4.74. The minimum Gasteiger partial charge on any atom is -0.373 e. The zero-order valence-electron chi connectivity index (χ0n) is 26.6. The molecule has 0 unspecified atom stereocenters. The Bertz CT molecular complexity index is 1770. The van der Waals surface area contributed by atoms with Crippen LogP contribution in [0.15, 0.2) is 67.1 Å². The number of aryl methyl sites for hydroxylation is 1. The predicted molar refractivity (Wildman–Crippen MR) is 177 cm³/mol. The van der Waals surface area contributed by atoms with Gasteiger partial charge in [0.2, 0.25) is 5.91 Å². The van der Waals surface area contributed by atoms with Crippen molar-refractivity contribution in [3.63, 3.8) is 0 Å². The molecule has 2 N–H and O–H groups in total. The number of pyridine rings is 2. The Balaban J connectivity index is 1.17. The zero-order chi connectivity index (χ0) is 33.4. The molecular formula is C36H38F3N7O. The highest BCUT2D eigenvalue weighted by Crippen LogP contribution is 2.28. The highest BCUT2D eigenvalue weighted by Gasteiger charge is 2.30. The zero-order valence-corrected chi connectivity index (χ0v) is 26.6. The summed E-state index contributed by atoms with van der Waals surface area (Å²) in [5.74, 6) is 6.36. The van der Waals surface area contributed by atoms with Crippen LogP contribution in [0.5, 0.6) is 0 Å². The van der Waals surface area contributed by atoms with Gasteiger partial charge in [0.05, 0.1) is 47.8 Å². The Morgan fingerprint density at radius 1 is 1.04 bits per heavy atom. The first-order valence-corrected chi connectivity index (χ1v) is 15.7. The Morgan fingerprint density at radius 3 is 2.49 bits per heavy atom. The number of amides is 1. The monoisotopic (exact) mass is 641 g/mol. The molecule has 3 aromatic heterocycles. The number of halogens is 3. The van der Waals surface area contributed by atoms with E-state index in [1.54, 1.807) is 68.8 Å². The Hall–Kier alpha value is -4.87. The third-order valence-corrected chi connectivity index (χ3v) is 8.46. The maximum atomic E-state index is 13.5. The molecule has 1 aliphatic heterocycles. The van der Waals surface area contributed by atoms with Crippen molar-refractivity contribution in [2.24, 2.45) is 5.92 Å². The first-order valence-electron chi connectivity index (χ1n) is 15.7. The highest BCUT2D eigenvalue weighted by atomic mass is 19.4. The van der Waals surface area contributed by atoms with E-state index in [1.165, 1.54) is 4.57 Å². The second-order valence-electron chi connectivity index (χ2n) is 12.5. The number of fused-ring (bicyclic) bond motifs is 1. The number of nitrogens with one attached hydrogen (secondary N) is 2. The number of rotatable bonds is 10. The van der Waals surface area contributed by atoms with Crippen LogP contribution >= 0.6 is 0 Å². The van der Waals surface area contributed by atoms with Gasteiger partial charge in [0, 0.05) is 29.0 Å². The van der Waals surface area contributed by atoms with Gasteiger partial charge in [0.25, 0.3) is 0 Å². The number of hydrogen-bond acceptors (Lipinski definition) is 6. The lowest BCUT2D eigenvalue weighted by Crippen LogP contribution is -2.39. The average molecular weight is 642 g/mol. The molecule has 244 valence electrons. The molecular weight excluding hydrogens is 603 g/mol. The molecule has 5 rings (SSSR count). The van der Waals surface area contributed by atoms with Gasteiger partial charge < -0.3 is 15.2 Å². The molecule has 11 heteroatoms. The van der Waals surface area contributed by atoms with Crippen LogP contribution in [0, 0.1) is 29.1 Å². The van der Waals surface area contributed by atoms with Crippen LogP contribution in [0.3, 0.4) is 0 Å². The van der Waals surface area contributed by atoms with Crippen molar-refractivity contribution >= 4 is 28.2 Å². The van der Waals surface area contributed by atoms with Gasteiger partial charge in [-0.05, 0) is 112 Å². The average Bonchev–Trinajstić information content (AvgIpc) is 3.38. The van der Waals surface area contributed by atoms with Crippen LogP contribution in [0.4, 0.5) is 24.5 Å². The van der Waals surface area contributed by atoms with E-state index in [9.17, 15) is 23.2 Å². The van der Waals surface area contributed by atoms with E-state index in [4.69, 9.17) is 0 Å². The molecule has 0 atom stereocenters. The molecule has 0 aliphatic carbocycles. The van der Waals surface area contributed by atoms with Crippen LogP contribution < -0.4 is 10.6 Å². The Labute approximate surface area is 273 Å². The maximum Gasteiger partial charge on any atom is 0.406 e. The van der Waals surface area contributed by atoms with E-state index in [1.807, 2.05) is 12.1 Å². The first-order chi connectivity index (χ1) is 22.5. The summed E-state index contributed by atoms with van der Waals surface area (Å²) in [7, 11) is 0. The second kappa shape index (κ2) is 14.7. The van der Waals surface area contributed by atoms with Crippen molar-refractivity contribution in [1.82, 2.24) is 19.4 Å². The summed E-state index contributed by atoms with van der Waals surface area (Å²) in [4.78, 5) is 22.9. The number of nitriles is 1. The van der Waals surface area contributed by atoms with E-state index < -0.39 is 18.1 Å². The molecule has 0 saturated carbocycles. The summed E-state index contributed by atoms with van der Waals surface area (Å²) >= 11 is 0. The number of piperidine rings is 1. The van der Waals surface area contributed by atoms with E-state index in [-0.39, 0.29) is 12.5 Å². The second-order valence-corrected chi connectivity index (χ2v) is 12.5. The standard InChI is InChI=1S/C36H38F3N7O/c1-35(2,24-40)33-10-8-30(22-43-33)42-15-3-4-31-21-28-20-27(7-9-32(28)46(31)25-36(37,38)39)6-5-26-13-18-45(19-14-26)23-34(47)44-29-11-16-41-17-12-29/h7-12,16-17,20-22,26,42H,5-6,13-15,18-19,23,25H2,1-2H3,(H,41,44,47). The topological polar surface area (TPSA) is 98.9 Å². The van der Waals surface area contributed by atoms with Crippen LogP contribution in [0.2, 0.25) is 0 Å². The summed E-state index contributed by atoms with van der Waals surface area (Å²) in [5.41, 5.74) is 3.27. The van der Waals surface area contributed by atoms with Gasteiger partial charge in [-0.3, -0.25) is 19.7 Å². The number of alkyl halides is 3. The van der Waals surface area contributed by atoms with Crippen LogP contribution in [-0.4, -0.2) is 57.7 Å². The molecule has 1 saturated heterocycles. The number of benzene rings is 1. The van der Waals surface area contributed by atoms with Crippen LogP contribution in [0.1, 0.15) is 50.1 Å². The molecule has 0 bridgehead atoms. The molecule has 4 aromatic rings. The van der Waals surface area contributed by atoms with Gasteiger partial charge in [-0.1, -0.05) is 12.0 Å². The van der Waals surface area contributed by atoms with Crippen LogP contribution in [-0.2, 0) is 23.2 Å². The van der Waals surface area contributed by atoms with Crippen molar-refractivity contribution in [3.05, 3.63) is 84.1 Å². The van der Waals surface area contributed by atoms with Crippen LogP contribution in [0.25, 0.3) is 10.9 Å². The Kier molecular flexibility index (Phi) is 10.5. The molecule has 0 spiro atoms. The number of nitrogens with zero attached hydrogens (tertiary/aromatic N) is 5. The third kappa shape index (κ3) is 9.34. The van der Waals surface area contributed by atoms with Gasteiger partial charge in [0.1, 0.15) is 6.54 Å². The number of carbonyl (C=O) groups excluding carboxylic acids is 1. The molecule has 1 fully saturated rings. The molecule has 0 radical (unpaired) electrons. The van der Waals surface area contributed by atoms with Crippen molar-refractivity contribution in [2.75, 3.05) is 36.8 Å². The molecule has 8 nitrogen and oxygen atoms in total. The van der Waals surface area contributed by atoms with Gasteiger partial charge in [0.15, 0.2) is 0 Å². The third-order valence-electron chi connectivity index (χ3n) is 8.46. The molecule has 1 aliphatic rings. The smallest absolute Gasteiger partial charge is 0.373 e. The van der Waals surface area contributed by atoms with E-state index >= 15 is 0 Å². The predicted octanol–water partition coefficient (Wildman–Crippen LogP) is 6.54. The Morgan fingerprint density at radius 2 is 1.81 bits per heavy atom. The van der Waals surface area contributed by atoms with Gasteiger partial charge >= 0.3 is 6.18 Å². The summed E-state index contributed by atoms with van der Waals surface area (Å²) in [6.07, 6.45) is 4.32. The molecule has 1 aromatic carbocycles. The van der Waals surface area contributed by atoms with Crippen molar-refractivity contribution in [1.29, 1.82) is 5.26 Å². The van der Waals surface area contributed by atoms with Gasteiger partial charge in [-0.15, -0.1) is 0 Å². The summed E-state index contributed by atoms with van der Waals surface area (Å²) in [5, 5.41) is 16.0. The van der Waals surface area contributed by atoms with E-state index in [2.05, 4.69) is 43.4 Å². The fourth-order valence-electron chi connectivity index (χ4n) is 5.78. The quantitative estimate of drug-likeness (QED) is 0.191. The summed E-state index contributed by atoms with van der Waals surface area (Å²) < 4.78 is 41.9. The fourth-order valence-corrected chi connectivity index (χ4v) is 5.78. The molecule has 47 heavy (non-hydrogen) atoms. The van der Waals surface area contributed by atoms with E-state index in [0.717, 1.165) is 55.4 Å². The van der Waals surface area contributed by atoms with Gasteiger partial charge in [-0.2, -0.15) is 18.4 Å². The van der Waals surface area contributed by atoms with Gasteiger partial charge in [-0.25, -0.2) is 0 Å². The number of hydrogen-bond donors (Lipinski definition) is 2. The van der Waals surface area contributed by atoms with Crippen molar-refractivity contribution in [3.8, 4) is 17.9 Å². The number of likely N-dealkylation sites (tertiary alicyclic amines) is 1. The lowest BCUT2D eigenvalue weighted by molar-refractivity contribution is -0.140. The van der Waals surface area contributed by atoms with Crippen molar-refractivity contribution in [2.45, 2.75) is 57.7 Å². The normalized spacial score (nSPS) is 14.3. The maximum absolute atomic E-state index is 13.5.